The van der Waals surface area contributed by atoms with Crippen molar-refractivity contribution in [1.82, 2.24) is 0 Å². The van der Waals surface area contributed by atoms with Gasteiger partial charge in [-0.25, -0.2) is 0 Å². The fourth-order valence-corrected chi connectivity index (χ4v) is 0.816. The number of quaternary nitrogens is 1. The van der Waals surface area contributed by atoms with E-state index in [-0.39, 0.29) is 0 Å². The van der Waals surface area contributed by atoms with E-state index in [9.17, 15) is 0 Å². The van der Waals surface area contributed by atoms with Crippen LogP contribution in [0.1, 0.15) is 0 Å². The van der Waals surface area contributed by atoms with Crippen LogP contribution in [0.5, 0.6) is 0 Å². The molecule has 0 bridgehead atoms. The van der Waals surface area contributed by atoms with Gasteiger partial charge in [-0.15, -0.1) is 0 Å². The molecule has 0 amide bonds. The lowest BCUT2D eigenvalue weighted by Crippen LogP contribution is -2.46. The van der Waals surface area contributed by atoms with Crippen LogP contribution in [-0.4, -0.2) is 38.3 Å². The van der Waals surface area contributed by atoms with Gasteiger partial charge in [-0.1, -0.05) is 0 Å². The minimum Gasteiger partial charge on any atom is -0.365 e. The standard InChI is InChI=1S/C7H14NO/c1-7-6-9-5-4-8(7,2)3/h1,4-6H2,2-3H3/q+1. The van der Waals surface area contributed by atoms with Gasteiger partial charge < -0.3 is 4.74 Å². The first kappa shape index (κ1) is 6.78. The number of morpholine rings is 1. The molecule has 1 aliphatic heterocycles. The number of rotatable bonds is 0. The van der Waals surface area contributed by atoms with Crippen molar-refractivity contribution in [2.75, 3.05) is 33.9 Å². The molecule has 2 nitrogen and oxygen atoms in total. The molecule has 1 rings (SSSR count). The maximum Gasteiger partial charge on any atom is 0.127 e. The lowest BCUT2D eigenvalue weighted by Gasteiger charge is -2.34. The van der Waals surface area contributed by atoms with Gasteiger partial charge in [0.2, 0.25) is 0 Å². The van der Waals surface area contributed by atoms with Crippen LogP contribution in [0.2, 0.25) is 0 Å². The predicted molar refractivity (Wildman–Crippen MR) is 36.9 cm³/mol. The second-order valence-electron chi connectivity index (χ2n) is 3.03. The second kappa shape index (κ2) is 2.12. The Morgan fingerprint density at radius 2 is 2.22 bits per heavy atom. The van der Waals surface area contributed by atoms with E-state index in [2.05, 4.69) is 20.7 Å². The topological polar surface area (TPSA) is 9.23 Å². The molecule has 0 aromatic carbocycles. The van der Waals surface area contributed by atoms with E-state index in [1.807, 2.05) is 0 Å². The highest BCUT2D eigenvalue weighted by Crippen LogP contribution is 2.13. The van der Waals surface area contributed by atoms with Crippen molar-refractivity contribution in [3.05, 3.63) is 12.3 Å². The lowest BCUT2D eigenvalue weighted by atomic mass is 10.3. The predicted octanol–water partition coefficient (Wildman–Crippen LogP) is 0.607. The Bertz CT molecular complexity index is 129. The molecule has 0 unspecified atom stereocenters. The van der Waals surface area contributed by atoms with E-state index in [4.69, 9.17) is 4.74 Å². The summed E-state index contributed by atoms with van der Waals surface area (Å²) in [5, 5.41) is 0. The zero-order valence-corrected chi connectivity index (χ0v) is 6.18. The summed E-state index contributed by atoms with van der Waals surface area (Å²) in [6.45, 7) is 6.56. The van der Waals surface area contributed by atoms with Gasteiger partial charge >= 0.3 is 0 Å². The smallest absolute Gasteiger partial charge is 0.127 e. The van der Waals surface area contributed by atoms with Crippen LogP contribution in [0, 0.1) is 0 Å². The van der Waals surface area contributed by atoms with Crippen molar-refractivity contribution in [2.24, 2.45) is 0 Å². The molecule has 1 heterocycles. The molecule has 52 valence electrons. The first-order valence-electron chi connectivity index (χ1n) is 3.22. The number of nitrogens with zero attached hydrogens (tertiary/aromatic N) is 1. The molecule has 1 fully saturated rings. The Labute approximate surface area is 56.3 Å². The van der Waals surface area contributed by atoms with Crippen molar-refractivity contribution < 1.29 is 9.22 Å². The van der Waals surface area contributed by atoms with Crippen LogP contribution in [0.15, 0.2) is 12.3 Å². The first-order chi connectivity index (χ1) is 4.13. The molecule has 1 aliphatic rings. The molecule has 0 N–H and O–H groups in total. The van der Waals surface area contributed by atoms with Crippen molar-refractivity contribution in [3.63, 3.8) is 0 Å². The van der Waals surface area contributed by atoms with E-state index in [0.29, 0.717) is 0 Å². The molecule has 0 aliphatic carbocycles. The van der Waals surface area contributed by atoms with Crippen LogP contribution in [0.3, 0.4) is 0 Å². The molecular formula is C7H14NO+. The third-order valence-corrected chi connectivity index (χ3v) is 1.92. The van der Waals surface area contributed by atoms with Crippen molar-refractivity contribution >= 4 is 0 Å². The number of hydrogen-bond acceptors (Lipinski definition) is 1. The molecule has 1 saturated heterocycles. The van der Waals surface area contributed by atoms with Crippen molar-refractivity contribution in [3.8, 4) is 0 Å². The summed E-state index contributed by atoms with van der Waals surface area (Å²) in [6.07, 6.45) is 0. The van der Waals surface area contributed by atoms with Crippen LogP contribution in [-0.2, 0) is 4.74 Å². The Hall–Kier alpha value is -0.340. The maximum absolute atomic E-state index is 5.20. The Kier molecular flexibility index (Phi) is 1.60. The normalized spacial score (nSPS) is 26.2. The van der Waals surface area contributed by atoms with Gasteiger partial charge in [0.25, 0.3) is 0 Å². The Morgan fingerprint density at radius 1 is 1.56 bits per heavy atom. The molecule has 0 atom stereocenters. The Morgan fingerprint density at radius 3 is 2.56 bits per heavy atom. The second-order valence-corrected chi connectivity index (χ2v) is 3.03. The SMILES string of the molecule is C=C1COCC[N+]1(C)C. The largest absolute Gasteiger partial charge is 0.365 e. The average molecular weight is 128 g/mol. The van der Waals surface area contributed by atoms with Crippen molar-refractivity contribution in [1.29, 1.82) is 0 Å². The lowest BCUT2D eigenvalue weighted by molar-refractivity contribution is -0.860. The van der Waals surface area contributed by atoms with Crippen LogP contribution in [0.4, 0.5) is 0 Å². The third-order valence-electron chi connectivity index (χ3n) is 1.92. The first-order valence-corrected chi connectivity index (χ1v) is 3.22. The maximum atomic E-state index is 5.20. The molecule has 9 heavy (non-hydrogen) atoms. The summed E-state index contributed by atoms with van der Waals surface area (Å²) in [7, 11) is 4.32. The average Bonchev–Trinajstić information content (AvgIpc) is 1.77. The van der Waals surface area contributed by atoms with Gasteiger partial charge in [0.15, 0.2) is 0 Å². The van der Waals surface area contributed by atoms with Crippen LogP contribution >= 0.6 is 0 Å². The molecular weight excluding hydrogens is 114 g/mol. The van der Waals surface area contributed by atoms with E-state index >= 15 is 0 Å². The molecule has 0 radical (unpaired) electrons. The summed E-state index contributed by atoms with van der Waals surface area (Å²) in [4.78, 5) is 0. The van der Waals surface area contributed by atoms with E-state index in [1.54, 1.807) is 0 Å². The van der Waals surface area contributed by atoms with Gasteiger partial charge in [0, 0.05) is 0 Å². The van der Waals surface area contributed by atoms with Gasteiger partial charge in [-0.05, 0) is 6.58 Å². The van der Waals surface area contributed by atoms with Crippen LogP contribution in [0.25, 0.3) is 0 Å². The molecule has 0 aromatic heterocycles. The zero-order valence-electron chi connectivity index (χ0n) is 6.18. The summed E-state index contributed by atoms with van der Waals surface area (Å²) in [5.41, 5.74) is 1.17. The number of hydrogen-bond donors (Lipinski definition) is 0. The zero-order chi connectivity index (χ0) is 6.91. The molecule has 0 saturated carbocycles. The minimum atomic E-state index is 0.729. The summed E-state index contributed by atoms with van der Waals surface area (Å²) >= 11 is 0. The number of likely N-dealkylation sites (N-methyl/N-ethyl adjacent to an activating group) is 1. The van der Waals surface area contributed by atoms with E-state index < -0.39 is 0 Å². The third kappa shape index (κ3) is 1.32. The van der Waals surface area contributed by atoms with E-state index in [1.165, 1.54) is 5.70 Å². The molecule has 2 heteroatoms. The molecule has 0 aromatic rings. The highest BCUT2D eigenvalue weighted by molar-refractivity contribution is 4.84. The fourth-order valence-electron chi connectivity index (χ4n) is 0.816. The summed E-state index contributed by atoms with van der Waals surface area (Å²) < 4.78 is 6.12. The Balaban J connectivity index is 2.60. The summed E-state index contributed by atoms with van der Waals surface area (Å²) in [5.74, 6) is 0. The summed E-state index contributed by atoms with van der Waals surface area (Å²) in [6, 6.07) is 0. The van der Waals surface area contributed by atoms with Gasteiger partial charge in [0.05, 0.1) is 20.7 Å². The fraction of sp³-hybridized carbons (Fsp3) is 0.714. The molecule has 0 spiro atoms. The monoisotopic (exact) mass is 128 g/mol. The quantitative estimate of drug-likeness (QED) is 0.434. The highest BCUT2D eigenvalue weighted by atomic mass is 16.5. The van der Waals surface area contributed by atoms with Gasteiger partial charge in [-0.2, -0.15) is 0 Å². The van der Waals surface area contributed by atoms with Crippen LogP contribution < -0.4 is 0 Å². The van der Waals surface area contributed by atoms with Gasteiger partial charge in [-0.3, -0.25) is 4.48 Å². The minimum absolute atomic E-state index is 0.729. The van der Waals surface area contributed by atoms with E-state index in [0.717, 1.165) is 24.2 Å². The highest BCUT2D eigenvalue weighted by Gasteiger charge is 2.23. The van der Waals surface area contributed by atoms with Crippen molar-refractivity contribution in [2.45, 2.75) is 0 Å². The number of ether oxygens (including phenoxy) is 1. The van der Waals surface area contributed by atoms with Gasteiger partial charge in [0.1, 0.15) is 18.8 Å².